The summed E-state index contributed by atoms with van der Waals surface area (Å²) in [5, 5.41) is 13.4. The molecule has 0 radical (unpaired) electrons. The van der Waals surface area contributed by atoms with Crippen LogP contribution in [-0.2, 0) is 6.54 Å². The first-order chi connectivity index (χ1) is 8.42. The molecule has 0 unspecified atom stereocenters. The van der Waals surface area contributed by atoms with Crippen LogP contribution in [0.4, 0.5) is 5.69 Å². The molecular formula is C14H23ClN2O. The number of hydrogen-bond donors (Lipinski definition) is 2. The highest BCUT2D eigenvalue weighted by Crippen LogP contribution is 2.30. The lowest BCUT2D eigenvalue weighted by Gasteiger charge is -2.36. The Morgan fingerprint density at radius 1 is 1.39 bits per heavy atom. The Morgan fingerprint density at radius 3 is 2.56 bits per heavy atom. The van der Waals surface area contributed by atoms with Crippen molar-refractivity contribution in [2.75, 3.05) is 25.1 Å². The second-order valence-electron chi connectivity index (χ2n) is 5.10. The van der Waals surface area contributed by atoms with Crippen molar-refractivity contribution < 1.29 is 5.11 Å². The molecule has 0 aliphatic carbocycles. The van der Waals surface area contributed by atoms with Gasteiger partial charge in [0, 0.05) is 13.6 Å². The SMILES string of the molecule is CCNCc1ccc(N(C)C(C)(C)CO)c(Cl)c1. The van der Waals surface area contributed by atoms with E-state index in [4.69, 9.17) is 11.6 Å². The number of anilines is 1. The molecule has 1 aromatic rings. The van der Waals surface area contributed by atoms with E-state index in [0.717, 1.165) is 23.8 Å². The maximum absolute atomic E-state index is 9.39. The van der Waals surface area contributed by atoms with Crippen LogP contribution in [0.3, 0.4) is 0 Å². The molecule has 3 nitrogen and oxygen atoms in total. The van der Waals surface area contributed by atoms with Crippen LogP contribution in [0, 0.1) is 0 Å². The number of nitrogens with zero attached hydrogens (tertiary/aromatic N) is 1. The normalized spacial score (nSPS) is 11.7. The van der Waals surface area contributed by atoms with Crippen LogP contribution in [0.25, 0.3) is 0 Å². The highest BCUT2D eigenvalue weighted by atomic mass is 35.5. The number of benzene rings is 1. The van der Waals surface area contributed by atoms with E-state index in [1.54, 1.807) is 0 Å². The summed E-state index contributed by atoms with van der Waals surface area (Å²) in [6.45, 7) is 7.89. The van der Waals surface area contributed by atoms with Gasteiger partial charge in [-0.3, -0.25) is 0 Å². The molecule has 1 rings (SSSR count). The van der Waals surface area contributed by atoms with Crippen molar-refractivity contribution in [2.45, 2.75) is 32.9 Å². The molecule has 2 N–H and O–H groups in total. The van der Waals surface area contributed by atoms with E-state index in [9.17, 15) is 5.11 Å². The third-order valence-electron chi connectivity index (χ3n) is 3.25. The lowest BCUT2D eigenvalue weighted by molar-refractivity contribution is 0.216. The summed E-state index contributed by atoms with van der Waals surface area (Å²) in [5.74, 6) is 0. The second kappa shape index (κ2) is 6.41. The Labute approximate surface area is 115 Å². The Bertz CT molecular complexity index is 393. The van der Waals surface area contributed by atoms with Gasteiger partial charge in [0.25, 0.3) is 0 Å². The lowest BCUT2D eigenvalue weighted by Crippen LogP contribution is -2.44. The number of rotatable bonds is 6. The van der Waals surface area contributed by atoms with Gasteiger partial charge in [-0.15, -0.1) is 0 Å². The van der Waals surface area contributed by atoms with Gasteiger partial charge in [-0.25, -0.2) is 0 Å². The summed E-state index contributed by atoms with van der Waals surface area (Å²) in [6.07, 6.45) is 0. The van der Waals surface area contributed by atoms with Crippen LogP contribution in [0.1, 0.15) is 26.3 Å². The highest BCUT2D eigenvalue weighted by molar-refractivity contribution is 6.33. The maximum atomic E-state index is 9.39. The van der Waals surface area contributed by atoms with E-state index in [-0.39, 0.29) is 12.1 Å². The lowest BCUT2D eigenvalue weighted by atomic mass is 10.0. The molecule has 0 saturated carbocycles. The van der Waals surface area contributed by atoms with Crippen LogP contribution in [0.15, 0.2) is 18.2 Å². The zero-order valence-corrected chi connectivity index (χ0v) is 12.4. The summed E-state index contributed by atoms with van der Waals surface area (Å²) in [5.41, 5.74) is 1.78. The first kappa shape index (κ1) is 15.3. The zero-order chi connectivity index (χ0) is 13.8. The van der Waals surface area contributed by atoms with Crippen molar-refractivity contribution in [1.29, 1.82) is 0 Å². The van der Waals surface area contributed by atoms with E-state index in [0.29, 0.717) is 0 Å². The number of likely N-dealkylation sites (N-methyl/N-ethyl adjacent to an activating group) is 1. The Morgan fingerprint density at radius 2 is 2.06 bits per heavy atom. The standard InChI is InChI=1S/C14H23ClN2O/c1-5-16-9-11-6-7-13(12(15)8-11)17(4)14(2,3)10-18/h6-8,16,18H,5,9-10H2,1-4H3. The minimum absolute atomic E-state index is 0.0823. The summed E-state index contributed by atoms with van der Waals surface area (Å²) in [7, 11) is 1.95. The van der Waals surface area contributed by atoms with Gasteiger partial charge >= 0.3 is 0 Å². The third-order valence-corrected chi connectivity index (χ3v) is 3.55. The van der Waals surface area contributed by atoms with Crippen molar-refractivity contribution in [3.8, 4) is 0 Å². The number of aliphatic hydroxyl groups excluding tert-OH is 1. The number of hydrogen-bond acceptors (Lipinski definition) is 3. The van der Waals surface area contributed by atoms with E-state index in [2.05, 4.69) is 18.3 Å². The first-order valence-electron chi connectivity index (χ1n) is 6.26. The molecule has 0 aliphatic rings. The topological polar surface area (TPSA) is 35.5 Å². The van der Waals surface area contributed by atoms with Gasteiger partial charge in [0.05, 0.1) is 22.9 Å². The van der Waals surface area contributed by atoms with E-state index in [1.807, 2.05) is 37.9 Å². The van der Waals surface area contributed by atoms with Crippen molar-refractivity contribution >= 4 is 17.3 Å². The Hall–Kier alpha value is -0.770. The predicted octanol–water partition coefficient (Wildman–Crippen LogP) is 2.66. The highest BCUT2D eigenvalue weighted by Gasteiger charge is 2.24. The van der Waals surface area contributed by atoms with E-state index < -0.39 is 0 Å². The molecule has 4 heteroatoms. The Balaban J connectivity index is 2.91. The summed E-state index contributed by atoms with van der Waals surface area (Å²) < 4.78 is 0. The van der Waals surface area contributed by atoms with Crippen LogP contribution < -0.4 is 10.2 Å². The van der Waals surface area contributed by atoms with Crippen molar-refractivity contribution in [3.63, 3.8) is 0 Å². The number of halogens is 1. The first-order valence-corrected chi connectivity index (χ1v) is 6.64. The molecular weight excluding hydrogens is 248 g/mol. The molecule has 0 heterocycles. The molecule has 0 spiro atoms. The number of aliphatic hydroxyl groups is 1. The van der Waals surface area contributed by atoms with E-state index in [1.165, 1.54) is 5.56 Å². The van der Waals surface area contributed by atoms with Crippen molar-refractivity contribution in [1.82, 2.24) is 5.32 Å². The predicted molar refractivity (Wildman–Crippen MR) is 78.4 cm³/mol. The molecule has 18 heavy (non-hydrogen) atoms. The molecule has 0 aliphatic heterocycles. The molecule has 0 aromatic heterocycles. The van der Waals surface area contributed by atoms with Crippen LogP contribution in [0.2, 0.25) is 5.02 Å². The minimum Gasteiger partial charge on any atom is -0.394 e. The maximum Gasteiger partial charge on any atom is 0.0658 e. The van der Waals surface area contributed by atoms with Crippen molar-refractivity contribution in [2.24, 2.45) is 0 Å². The molecule has 0 saturated heterocycles. The molecule has 0 atom stereocenters. The van der Waals surface area contributed by atoms with Gasteiger partial charge in [-0.05, 0) is 38.1 Å². The van der Waals surface area contributed by atoms with Crippen LogP contribution in [-0.4, -0.2) is 30.8 Å². The van der Waals surface area contributed by atoms with Gasteiger partial charge in [-0.2, -0.15) is 0 Å². The largest absolute Gasteiger partial charge is 0.394 e. The Kier molecular flexibility index (Phi) is 5.45. The monoisotopic (exact) mass is 270 g/mol. The molecule has 0 fully saturated rings. The van der Waals surface area contributed by atoms with Gasteiger partial charge in [0.15, 0.2) is 0 Å². The smallest absolute Gasteiger partial charge is 0.0658 e. The zero-order valence-electron chi connectivity index (χ0n) is 11.6. The average molecular weight is 271 g/mol. The fraction of sp³-hybridized carbons (Fsp3) is 0.571. The van der Waals surface area contributed by atoms with Gasteiger partial charge < -0.3 is 15.3 Å². The third kappa shape index (κ3) is 3.61. The summed E-state index contributed by atoms with van der Waals surface area (Å²) in [6, 6.07) is 6.05. The van der Waals surface area contributed by atoms with E-state index >= 15 is 0 Å². The molecule has 0 bridgehead atoms. The molecule has 1 aromatic carbocycles. The fourth-order valence-corrected chi connectivity index (χ4v) is 1.96. The molecule has 0 amide bonds. The van der Waals surface area contributed by atoms with Gasteiger partial charge in [0.2, 0.25) is 0 Å². The van der Waals surface area contributed by atoms with Crippen molar-refractivity contribution in [3.05, 3.63) is 28.8 Å². The minimum atomic E-state index is -0.327. The summed E-state index contributed by atoms with van der Waals surface area (Å²) in [4.78, 5) is 2.01. The van der Waals surface area contributed by atoms with Crippen LogP contribution in [0.5, 0.6) is 0 Å². The fourth-order valence-electron chi connectivity index (χ4n) is 1.63. The summed E-state index contributed by atoms with van der Waals surface area (Å²) >= 11 is 6.32. The second-order valence-corrected chi connectivity index (χ2v) is 5.50. The molecule has 102 valence electrons. The number of nitrogens with one attached hydrogen (secondary N) is 1. The average Bonchev–Trinajstić information content (AvgIpc) is 2.35. The van der Waals surface area contributed by atoms with Crippen LogP contribution >= 0.6 is 11.6 Å². The quantitative estimate of drug-likeness (QED) is 0.834. The van der Waals surface area contributed by atoms with Gasteiger partial charge in [-0.1, -0.05) is 24.6 Å². The van der Waals surface area contributed by atoms with Gasteiger partial charge in [0.1, 0.15) is 0 Å².